The maximum Gasteiger partial charge on any atom is 0.335 e. The lowest BCUT2D eigenvalue weighted by Crippen LogP contribution is -2.43. The molecular formula is C13H16N2O4S. The molecule has 6 nitrogen and oxygen atoms in total. The van der Waals surface area contributed by atoms with Crippen LogP contribution < -0.4 is 4.90 Å². The van der Waals surface area contributed by atoms with E-state index < -0.39 is 10.9 Å². The average Bonchev–Trinajstić information content (AvgIpc) is 2.36. The Labute approximate surface area is 120 Å². The molecule has 0 unspecified atom stereocenters. The second-order valence-electron chi connectivity index (χ2n) is 5.30. The fourth-order valence-corrected chi connectivity index (χ4v) is 3.40. The van der Waals surface area contributed by atoms with Crippen LogP contribution in [0.5, 0.6) is 0 Å². The van der Waals surface area contributed by atoms with E-state index in [4.69, 9.17) is 5.11 Å². The monoisotopic (exact) mass is 296 g/mol. The van der Waals surface area contributed by atoms with Gasteiger partial charge in [0.25, 0.3) is 5.69 Å². The summed E-state index contributed by atoms with van der Waals surface area (Å²) in [7, 11) is 0. The lowest BCUT2D eigenvalue weighted by molar-refractivity contribution is -0.384. The van der Waals surface area contributed by atoms with Crippen LogP contribution in [0.25, 0.3) is 0 Å². The van der Waals surface area contributed by atoms with Gasteiger partial charge in [-0.05, 0) is 26.0 Å². The molecule has 1 fully saturated rings. The minimum atomic E-state index is -1.16. The van der Waals surface area contributed by atoms with Gasteiger partial charge in [-0.15, -0.1) is 0 Å². The first kappa shape index (κ1) is 14.6. The molecule has 1 aliphatic heterocycles. The van der Waals surface area contributed by atoms with Crippen molar-refractivity contribution in [2.75, 3.05) is 23.7 Å². The van der Waals surface area contributed by atoms with Crippen LogP contribution in [0.3, 0.4) is 0 Å². The number of anilines is 1. The van der Waals surface area contributed by atoms with Gasteiger partial charge < -0.3 is 10.0 Å². The van der Waals surface area contributed by atoms with Crippen molar-refractivity contribution in [3.05, 3.63) is 33.9 Å². The molecule has 1 heterocycles. The molecule has 108 valence electrons. The molecule has 0 amide bonds. The Morgan fingerprint density at radius 2 is 2.20 bits per heavy atom. The molecule has 0 spiro atoms. The Morgan fingerprint density at radius 1 is 1.50 bits per heavy atom. The number of thioether (sulfide) groups is 1. The Kier molecular flexibility index (Phi) is 3.89. The number of carboxylic acid groups (broad SMARTS) is 1. The molecule has 1 aromatic rings. The molecule has 7 heteroatoms. The van der Waals surface area contributed by atoms with Crippen molar-refractivity contribution in [2.45, 2.75) is 18.6 Å². The Morgan fingerprint density at radius 3 is 2.75 bits per heavy atom. The highest BCUT2D eigenvalue weighted by Crippen LogP contribution is 2.36. The van der Waals surface area contributed by atoms with Gasteiger partial charge in [0.05, 0.1) is 10.5 Å². The highest BCUT2D eigenvalue weighted by Gasteiger charge is 2.30. The quantitative estimate of drug-likeness (QED) is 0.682. The van der Waals surface area contributed by atoms with Crippen LogP contribution in [0.2, 0.25) is 0 Å². The van der Waals surface area contributed by atoms with Crippen molar-refractivity contribution < 1.29 is 14.8 Å². The van der Waals surface area contributed by atoms with Crippen molar-refractivity contribution in [2.24, 2.45) is 0 Å². The summed E-state index contributed by atoms with van der Waals surface area (Å²) in [6, 6.07) is 4.08. The van der Waals surface area contributed by atoms with Crippen LogP contribution in [0.1, 0.15) is 24.2 Å². The van der Waals surface area contributed by atoms with Crippen LogP contribution >= 0.6 is 11.8 Å². The third-order valence-corrected chi connectivity index (χ3v) is 4.48. The minimum Gasteiger partial charge on any atom is -0.478 e. The van der Waals surface area contributed by atoms with Gasteiger partial charge in [0, 0.05) is 29.7 Å². The van der Waals surface area contributed by atoms with E-state index in [0.29, 0.717) is 12.2 Å². The van der Waals surface area contributed by atoms with Gasteiger partial charge in [-0.25, -0.2) is 4.79 Å². The molecule has 1 aliphatic rings. The molecule has 0 atom stereocenters. The van der Waals surface area contributed by atoms with Gasteiger partial charge in [0.1, 0.15) is 5.69 Å². The van der Waals surface area contributed by atoms with Gasteiger partial charge in [-0.1, -0.05) is 0 Å². The average molecular weight is 296 g/mol. The number of nitrogens with zero attached hydrogens (tertiary/aromatic N) is 2. The minimum absolute atomic E-state index is 0.0254. The third-order valence-electron chi connectivity index (χ3n) is 3.19. The molecule has 1 N–H and O–H groups in total. The molecule has 0 aliphatic carbocycles. The predicted octanol–water partition coefficient (Wildman–Crippen LogP) is 2.62. The van der Waals surface area contributed by atoms with Crippen molar-refractivity contribution in [3.63, 3.8) is 0 Å². The smallest absolute Gasteiger partial charge is 0.335 e. The van der Waals surface area contributed by atoms with E-state index >= 15 is 0 Å². The summed E-state index contributed by atoms with van der Waals surface area (Å²) in [6.45, 7) is 5.62. The molecule has 0 saturated carbocycles. The zero-order valence-electron chi connectivity index (χ0n) is 11.3. The Balaban J connectivity index is 2.40. The van der Waals surface area contributed by atoms with E-state index in [1.807, 2.05) is 16.7 Å². The first-order valence-electron chi connectivity index (χ1n) is 6.21. The number of nitro benzene ring substituents is 1. The van der Waals surface area contributed by atoms with E-state index in [-0.39, 0.29) is 16.0 Å². The number of hydrogen-bond acceptors (Lipinski definition) is 5. The van der Waals surface area contributed by atoms with Crippen molar-refractivity contribution in [3.8, 4) is 0 Å². The number of rotatable bonds is 3. The number of aromatic carboxylic acids is 1. The van der Waals surface area contributed by atoms with E-state index in [0.717, 1.165) is 18.4 Å². The molecule has 1 saturated heterocycles. The van der Waals surface area contributed by atoms with Crippen LogP contribution in [0.4, 0.5) is 11.4 Å². The summed E-state index contributed by atoms with van der Waals surface area (Å²) in [4.78, 5) is 23.5. The number of nitro groups is 1. The normalized spacial score (nSPS) is 17.8. The van der Waals surface area contributed by atoms with E-state index in [2.05, 4.69) is 13.8 Å². The van der Waals surface area contributed by atoms with Crippen LogP contribution in [-0.2, 0) is 0 Å². The van der Waals surface area contributed by atoms with E-state index in [9.17, 15) is 14.9 Å². The highest BCUT2D eigenvalue weighted by atomic mass is 32.2. The second-order valence-corrected chi connectivity index (χ2v) is 7.10. The number of benzene rings is 1. The molecule has 0 radical (unpaired) electrons. The topological polar surface area (TPSA) is 83.7 Å². The first-order valence-corrected chi connectivity index (χ1v) is 7.19. The number of hydrogen-bond donors (Lipinski definition) is 1. The molecule has 2 rings (SSSR count). The summed E-state index contributed by atoms with van der Waals surface area (Å²) in [5.74, 6) is -0.264. The van der Waals surface area contributed by atoms with Gasteiger partial charge in [0.15, 0.2) is 0 Å². The summed E-state index contributed by atoms with van der Waals surface area (Å²) in [6.07, 6.45) is 0. The standard InChI is InChI=1S/C13H16N2O4S/c1-13(2)8-14(5-6-20-13)10-4-3-9(12(16)17)7-11(10)15(18)19/h3-4,7H,5-6,8H2,1-2H3,(H,16,17). The molecule has 20 heavy (non-hydrogen) atoms. The van der Waals surface area contributed by atoms with E-state index in [1.165, 1.54) is 12.1 Å². The van der Waals surface area contributed by atoms with Crippen molar-refractivity contribution in [1.29, 1.82) is 0 Å². The van der Waals surface area contributed by atoms with Crippen LogP contribution in [-0.4, -0.2) is 39.6 Å². The summed E-state index contributed by atoms with van der Waals surface area (Å²) < 4.78 is 0.0254. The maximum atomic E-state index is 11.2. The van der Waals surface area contributed by atoms with Crippen molar-refractivity contribution in [1.82, 2.24) is 0 Å². The fourth-order valence-electron chi connectivity index (χ4n) is 2.29. The van der Waals surface area contributed by atoms with Gasteiger partial charge in [0.2, 0.25) is 0 Å². The Hall–Kier alpha value is -1.76. The zero-order chi connectivity index (χ0) is 14.9. The summed E-state index contributed by atoms with van der Waals surface area (Å²) in [5.41, 5.74) is 0.284. The number of carbonyl (C=O) groups is 1. The number of carboxylic acids is 1. The first-order chi connectivity index (χ1) is 9.30. The predicted molar refractivity (Wildman–Crippen MR) is 78.8 cm³/mol. The molecule has 1 aromatic carbocycles. The second kappa shape index (κ2) is 5.32. The van der Waals surface area contributed by atoms with E-state index in [1.54, 1.807) is 0 Å². The van der Waals surface area contributed by atoms with Crippen LogP contribution in [0.15, 0.2) is 18.2 Å². The van der Waals surface area contributed by atoms with Gasteiger partial charge >= 0.3 is 5.97 Å². The molecule has 0 bridgehead atoms. The SMILES string of the molecule is CC1(C)CN(c2ccc(C(=O)O)cc2[N+](=O)[O-])CCS1. The zero-order valence-corrected chi connectivity index (χ0v) is 12.1. The summed E-state index contributed by atoms with van der Waals surface area (Å²) in [5, 5.41) is 20.1. The third kappa shape index (κ3) is 3.04. The lowest BCUT2D eigenvalue weighted by atomic mass is 10.1. The van der Waals surface area contributed by atoms with Gasteiger partial charge in [-0.2, -0.15) is 11.8 Å². The summed E-state index contributed by atoms with van der Waals surface area (Å²) >= 11 is 1.84. The van der Waals surface area contributed by atoms with Crippen LogP contribution in [0, 0.1) is 10.1 Å². The molecular weight excluding hydrogens is 280 g/mol. The largest absolute Gasteiger partial charge is 0.478 e. The maximum absolute atomic E-state index is 11.2. The fraction of sp³-hybridized carbons (Fsp3) is 0.462. The van der Waals surface area contributed by atoms with Gasteiger partial charge in [-0.3, -0.25) is 10.1 Å². The lowest BCUT2D eigenvalue weighted by Gasteiger charge is -2.38. The molecule has 0 aromatic heterocycles. The Bertz CT molecular complexity index is 559. The van der Waals surface area contributed by atoms with Crippen molar-refractivity contribution >= 4 is 29.1 Å². The highest BCUT2D eigenvalue weighted by molar-refractivity contribution is 8.00.